The Bertz CT molecular complexity index is 599. The Hall–Kier alpha value is -0.880. The van der Waals surface area contributed by atoms with Crippen LogP contribution in [-0.4, -0.2) is 17.0 Å². The molecule has 100 valence electrons. The summed E-state index contributed by atoms with van der Waals surface area (Å²) in [6.45, 7) is 4.25. The van der Waals surface area contributed by atoms with E-state index in [1.807, 2.05) is 31.3 Å². The number of hydrogen-bond donors (Lipinski definition) is 1. The van der Waals surface area contributed by atoms with Gasteiger partial charge in [-0.15, -0.1) is 0 Å². The molecule has 0 atom stereocenters. The van der Waals surface area contributed by atoms with E-state index in [4.69, 9.17) is 11.6 Å². The SMILES string of the molecule is CNc1nc(-c2ccccc2Cl)nc(C(C)C)c1I. The third kappa shape index (κ3) is 3.00. The van der Waals surface area contributed by atoms with Crippen LogP contribution in [0.4, 0.5) is 5.82 Å². The summed E-state index contributed by atoms with van der Waals surface area (Å²) in [5.41, 5.74) is 1.90. The molecule has 1 aromatic heterocycles. The van der Waals surface area contributed by atoms with Crippen LogP contribution in [0.15, 0.2) is 24.3 Å². The van der Waals surface area contributed by atoms with Crippen molar-refractivity contribution in [1.82, 2.24) is 9.97 Å². The van der Waals surface area contributed by atoms with Gasteiger partial charge in [0.15, 0.2) is 5.82 Å². The Balaban J connectivity index is 2.65. The molecular weight excluding hydrogens is 373 g/mol. The van der Waals surface area contributed by atoms with Crippen molar-refractivity contribution in [2.75, 3.05) is 12.4 Å². The van der Waals surface area contributed by atoms with Crippen LogP contribution in [-0.2, 0) is 0 Å². The molecule has 0 aliphatic rings. The molecule has 1 N–H and O–H groups in total. The predicted molar refractivity (Wildman–Crippen MR) is 88.8 cm³/mol. The Morgan fingerprint density at radius 1 is 1.21 bits per heavy atom. The number of nitrogens with zero attached hydrogens (tertiary/aromatic N) is 2. The highest BCUT2D eigenvalue weighted by Crippen LogP contribution is 2.30. The molecule has 2 aromatic rings. The van der Waals surface area contributed by atoms with Gasteiger partial charge in [0.2, 0.25) is 0 Å². The molecule has 3 nitrogen and oxygen atoms in total. The summed E-state index contributed by atoms with van der Waals surface area (Å²) < 4.78 is 1.06. The standard InChI is InChI=1S/C14H15ClIN3/c1-8(2)12-11(16)14(17-3)19-13(18-12)9-6-4-5-7-10(9)15/h4-8H,1-3H3,(H,17,18,19). The second-order valence-electron chi connectivity index (χ2n) is 4.48. The summed E-state index contributed by atoms with van der Waals surface area (Å²) in [6.07, 6.45) is 0. The third-order valence-electron chi connectivity index (χ3n) is 2.78. The zero-order valence-corrected chi connectivity index (χ0v) is 14.0. The van der Waals surface area contributed by atoms with Crippen LogP contribution in [0.5, 0.6) is 0 Å². The van der Waals surface area contributed by atoms with E-state index in [2.05, 4.69) is 51.7 Å². The van der Waals surface area contributed by atoms with E-state index in [-0.39, 0.29) is 0 Å². The highest BCUT2D eigenvalue weighted by atomic mass is 127. The van der Waals surface area contributed by atoms with Gasteiger partial charge in [-0.25, -0.2) is 9.97 Å². The normalized spacial score (nSPS) is 10.8. The second kappa shape index (κ2) is 6.05. The molecule has 0 spiro atoms. The van der Waals surface area contributed by atoms with Crippen LogP contribution in [0, 0.1) is 3.57 Å². The molecule has 5 heteroatoms. The molecule has 2 rings (SSSR count). The summed E-state index contributed by atoms with van der Waals surface area (Å²) in [7, 11) is 1.87. The topological polar surface area (TPSA) is 37.8 Å². The number of anilines is 1. The lowest BCUT2D eigenvalue weighted by atomic mass is 10.1. The molecular formula is C14H15ClIN3. The Morgan fingerprint density at radius 2 is 1.89 bits per heavy atom. The first-order valence-corrected chi connectivity index (χ1v) is 7.50. The molecule has 0 aliphatic carbocycles. The number of rotatable bonds is 3. The van der Waals surface area contributed by atoms with Crippen molar-refractivity contribution in [3.8, 4) is 11.4 Å². The molecule has 19 heavy (non-hydrogen) atoms. The van der Waals surface area contributed by atoms with Gasteiger partial charge < -0.3 is 5.32 Å². The molecule has 0 unspecified atom stereocenters. The van der Waals surface area contributed by atoms with E-state index in [9.17, 15) is 0 Å². The lowest BCUT2D eigenvalue weighted by Crippen LogP contribution is -2.06. The predicted octanol–water partition coefficient (Wildman–Crippen LogP) is 4.57. The van der Waals surface area contributed by atoms with Crippen molar-refractivity contribution >= 4 is 40.0 Å². The van der Waals surface area contributed by atoms with Gasteiger partial charge in [0.1, 0.15) is 5.82 Å². The fourth-order valence-electron chi connectivity index (χ4n) is 1.78. The molecule has 0 aliphatic heterocycles. The average molecular weight is 388 g/mol. The Morgan fingerprint density at radius 3 is 2.47 bits per heavy atom. The van der Waals surface area contributed by atoms with Crippen molar-refractivity contribution in [1.29, 1.82) is 0 Å². The first-order chi connectivity index (χ1) is 9.04. The number of hydrogen-bond acceptors (Lipinski definition) is 3. The van der Waals surface area contributed by atoms with Gasteiger partial charge in [0.25, 0.3) is 0 Å². The largest absolute Gasteiger partial charge is 0.372 e. The fourth-order valence-corrected chi connectivity index (χ4v) is 3.13. The average Bonchev–Trinajstić information content (AvgIpc) is 2.39. The number of nitrogens with one attached hydrogen (secondary N) is 1. The third-order valence-corrected chi connectivity index (χ3v) is 4.17. The highest BCUT2D eigenvalue weighted by Gasteiger charge is 2.16. The van der Waals surface area contributed by atoms with Crippen molar-refractivity contribution in [3.63, 3.8) is 0 Å². The zero-order valence-electron chi connectivity index (χ0n) is 11.0. The summed E-state index contributed by atoms with van der Waals surface area (Å²) >= 11 is 8.50. The monoisotopic (exact) mass is 387 g/mol. The Kier molecular flexibility index (Phi) is 4.62. The van der Waals surface area contributed by atoms with Gasteiger partial charge in [-0.05, 0) is 40.6 Å². The zero-order chi connectivity index (χ0) is 14.0. The van der Waals surface area contributed by atoms with E-state index in [1.165, 1.54) is 0 Å². The number of benzene rings is 1. The molecule has 0 saturated carbocycles. The minimum Gasteiger partial charge on any atom is -0.372 e. The van der Waals surface area contributed by atoms with Crippen LogP contribution in [0.25, 0.3) is 11.4 Å². The van der Waals surface area contributed by atoms with E-state index in [0.29, 0.717) is 16.8 Å². The smallest absolute Gasteiger partial charge is 0.163 e. The van der Waals surface area contributed by atoms with E-state index in [0.717, 1.165) is 20.6 Å². The molecule has 0 bridgehead atoms. The molecule has 0 fully saturated rings. The first-order valence-electron chi connectivity index (χ1n) is 6.04. The summed E-state index contributed by atoms with van der Waals surface area (Å²) in [4.78, 5) is 9.22. The van der Waals surface area contributed by atoms with Crippen LogP contribution in [0.1, 0.15) is 25.5 Å². The number of aromatic nitrogens is 2. The lowest BCUT2D eigenvalue weighted by Gasteiger charge is -2.14. The van der Waals surface area contributed by atoms with E-state index >= 15 is 0 Å². The molecule has 0 amide bonds. The van der Waals surface area contributed by atoms with E-state index < -0.39 is 0 Å². The Labute approximate surface area is 132 Å². The molecule has 0 radical (unpaired) electrons. The number of halogens is 2. The van der Waals surface area contributed by atoms with Gasteiger partial charge in [-0.1, -0.05) is 37.6 Å². The highest BCUT2D eigenvalue weighted by molar-refractivity contribution is 14.1. The minimum absolute atomic E-state index is 0.336. The molecule has 1 heterocycles. The van der Waals surface area contributed by atoms with Crippen LogP contribution in [0.2, 0.25) is 5.02 Å². The fraction of sp³-hybridized carbons (Fsp3) is 0.286. The van der Waals surface area contributed by atoms with E-state index in [1.54, 1.807) is 0 Å². The quantitative estimate of drug-likeness (QED) is 0.784. The lowest BCUT2D eigenvalue weighted by molar-refractivity contribution is 0.809. The van der Waals surface area contributed by atoms with Gasteiger partial charge in [-0.2, -0.15) is 0 Å². The first kappa shape index (κ1) is 14.5. The van der Waals surface area contributed by atoms with Gasteiger partial charge >= 0.3 is 0 Å². The van der Waals surface area contributed by atoms with Crippen LogP contribution < -0.4 is 5.32 Å². The van der Waals surface area contributed by atoms with Crippen LogP contribution in [0.3, 0.4) is 0 Å². The van der Waals surface area contributed by atoms with Crippen molar-refractivity contribution < 1.29 is 0 Å². The molecule has 1 aromatic carbocycles. The van der Waals surface area contributed by atoms with Crippen LogP contribution >= 0.6 is 34.2 Å². The van der Waals surface area contributed by atoms with Crippen molar-refractivity contribution in [2.45, 2.75) is 19.8 Å². The second-order valence-corrected chi connectivity index (χ2v) is 5.97. The van der Waals surface area contributed by atoms with Gasteiger partial charge in [-0.3, -0.25) is 0 Å². The molecule has 0 saturated heterocycles. The van der Waals surface area contributed by atoms with Crippen molar-refractivity contribution in [2.24, 2.45) is 0 Å². The van der Waals surface area contributed by atoms with Crippen molar-refractivity contribution in [3.05, 3.63) is 38.6 Å². The summed E-state index contributed by atoms with van der Waals surface area (Å²) in [5, 5.41) is 3.79. The minimum atomic E-state index is 0.336. The summed E-state index contributed by atoms with van der Waals surface area (Å²) in [6, 6.07) is 7.64. The maximum absolute atomic E-state index is 6.22. The summed E-state index contributed by atoms with van der Waals surface area (Å²) in [5.74, 6) is 1.84. The van der Waals surface area contributed by atoms with Gasteiger partial charge in [0.05, 0.1) is 14.3 Å². The van der Waals surface area contributed by atoms with Gasteiger partial charge in [0, 0.05) is 12.6 Å². The maximum Gasteiger partial charge on any atom is 0.163 e. The maximum atomic E-state index is 6.22.